The monoisotopic (exact) mass is 508 g/mol. The summed E-state index contributed by atoms with van der Waals surface area (Å²) in [5.41, 5.74) is 2.52. The van der Waals surface area contributed by atoms with Crippen molar-refractivity contribution in [3.05, 3.63) is 59.5 Å². The van der Waals surface area contributed by atoms with Gasteiger partial charge in [-0.15, -0.1) is 17.7 Å². The molecule has 0 amide bonds. The molecule has 30 heavy (non-hydrogen) atoms. The number of furan rings is 1. The summed E-state index contributed by atoms with van der Waals surface area (Å²) in [4.78, 5) is 0. The number of aryl methyl sites for hydroxylation is 2. The number of alkyl halides is 2. The summed E-state index contributed by atoms with van der Waals surface area (Å²) in [6.07, 6.45) is 9.22. The zero-order valence-electron chi connectivity index (χ0n) is 18.2. The maximum Gasteiger partial charge on any atom is 0.105 e. The van der Waals surface area contributed by atoms with Crippen molar-refractivity contribution in [3.8, 4) is 0 Å². The fourth-order valence-electron chi connectivity index (χ4n) is 4.72. The molecule has 1 aromatic carbocycles. The summed E-state index contributed by atoms with van der Waals surface area (Å²) in [5, 5.41) is -0.0614. The fourth-order valence-corrected chi connectivity index (χ4v) is 5.21. The van der Waals surface area contributed by atoms with Crippen LogP contribution in [0.15, 0.2) is 40.8 Å². The summed E-state index contributed by atoms with van der Waals surface area (Å²) >= 11 is 6.55. The van der Waals surface area contributed by atoms with Gasteiger partial charge in [0.2, 0.25) is 0 Å². The van der Waals surface area contributed by atoms with Crippen molar-refractivity contribution in [3.63, 3.8) is 0 Å². The molecule has 163 valence electrons. The molecule has 1 aliphatic rings. The first-order chi connectivity index (χ1) is 14.1. The average molecular weight is 509 g/mol. The van der Waals surface area contributed by atoms with Gasteiger partial charge in [0.05, 0.1) is 6.10 Å². The number of ether oxygens (including phenoxy) is 1. The van der Waals surface area contributed by atoms with Crippen molar-refractivity contribution in [2.75, 3.05) is 7.11 Å². The quantitative estimate of drug-likeness (QED) is 0.238. The molecule has 2 aromatic rings. The maximum absolute atomic E-state index is 14.6. The SMILES string of the molecule is CCCC(OC)c1ccc(CC[C@H]2C(Cl)CC(F)[C@@H]2CCCc2cc[c-]o2)cc1.[Y]. The standard InChI is InChI=1S/C25H33ClFO2.Y/c1-3-6-25(28-2)19-13-10-18(11-14-19)12-15-21-22(24(27)17-23(21)26)9-4-7-20-8-5-16-29-20;/h5,8,10-11,13-14,21-25H,3-4,6-7,9,12,15,17H2,1-2H3;/q-1;/t21-,22-,23?,24?,25?;/m1./s1. The Hall–Kier alpha value is -0.216. The topological polar surface area (TPSA) is 22.4 Å². The molecular formula is C25H33ClFO2Y-. The molecule has 2 nitrogen and oxygen atoms in total. The van der Waals surface area contributed by atoms with E-state index in [0.29, 0.717) is 6.42 Å². The van der Waals surface area contributed by atoms with Crippen molar-refractivity contribution in [2.45, 2.75) is 75.9 Å². The third-order valence-electron chi connectivity index (χ3n) is 6.37. The first kappa shape index (κ1) is 26.0. The van der Waals surface area contributed by atoms with Crippen LogP contribution in [0.25, 0.3) is 0 Å². The predicted octanol–water partition coefficient (Wildman–Crippen LogP) is 7.10. The molecule has 0 N–H and O–H groups in total. The van der Waals surface area contributed by atoms with Crippen LogP contribution in [0.4, 0.5) is 4.39 Å². The minimum Gasteiger partial charge on any atom is -0.596 e. The van der Waals surface area contributed by atoms with Crippen LogP contribution >= 0.6 is 11.6 Å². The Labute approximate surface area is 211 Å². The first-order valence-electron chi connectivity index (χ1n) is 11.0. The molecule has 1 fully saturated rings. The molecule has 5 heteroatoms. The van der Waals surface area contributed by atoms with Gasteiger partial charge >= 0.3 is 0 Å². The molecule has 1 aliphatic carbocycles. The van der Waals surface area contributed by atoms with Crippen LogP contribution in [-0.4, -0.2) is 18.7 Å². The Morgan fingerprint density at radius 1 is 1.17 bits per heavy atom. The summed E-state index contributed by atoms with van der Waals surface area (Å²) < 4.78 is 25.5. The van der Waals surface area contributed by atoms with Crippen LogP contribution in [-0.2, 0) is 50.3 Å². The molecular weight excluding hydrogens is 476 g/mol. The summed E-state index contributed by atoms with van der Waals surface area (Å²) in [6.45, 7) is 2.17. The Kier molecular flexibility index (Phi) is 11.6. The fraction of sp³-hybridized carbons (Fsp3) is 0.600. The number of hydrogen-bond acceptors (Lipinski definition) is 2. The van der Waals surface area contributed by atoms with Crippen LogP contribution in [0.3, 0.4) is 0 Å². The molecule has 0 saturated heterocycles. The van der Waals surface area contributed by atoms with Crippen molar-refractivity contribution >= 4 is 11.6 Å². The van der Waals surface area contributed by atoms with Gasteiger partial charge in [-0.25, -0.2) is 4.39 Å². The van der Waals surface area contributed by atoms with Gasteiger partial charge in [0.1, 0.15) is 6.17 Å². The van der Waals surface area contributed by atoms with Gasteiger partial charge in [0.25, 0.3) is 0 Å². The first-order valence-corrected chi connectivity index (χ1v) is 11.4. The molecule has 0 bridgehead atoms. The van der Waals surface area contributed by atoms with E-state index in [-0.39, 0.29) is 56.0 Å². The number of hydrogen-bond donors (Lipinski definition) is 0. The maximum atomic E-state index is 14.6. The number of rotatable bonds is 11. The number of halogens is 2. The summed E-state index contributed by atoms with van der Waals surface area (Å²) in [5.74, 6) is 1.22. The van der Waals surface area contributed by atoms with Crippen LogP contribution in [0.5, 0.6) is 0 Å². The molecule has 0 spiro atoms. The summed E-state index contributed by atoms with van der Waals surface area (Å²) in [7, 11) is 1.77. The van der Waals surface area contributed by atoms with E-state index in [4.69, 9.17) is 20.8 Å². The van der Waals surface area contributed by atoms with Gasteiger partial charge in [-0.3, -0.25) is 0 Å². The van der Waals surface area contributed by atoms with E-state index in [2.05, 4.69) is 37.5 Å². The van der Waals surface area contributed by atoms with Crippen LogP contribution in [0.1, 0.15) is 68.4 Å². The smallest absolute Gasteiger partial charge is 0.105 e. The van der Waals surface area contributed by atoms with E-state index >= 15 is 0 Å². The minimum absolute atomic E-state index is 0. The molecule has 0 aliphatic heterocycles. The molecule has 5 atom stereocenters. The molecule has 1 saturated carbocycles. The van der Waals surface area contributed by atoms with Gasteiger partial charge in [-0.1, -0.05) is 56.2 Å². The summed E-state index contributed by atoms with van der Waals surface area (Å²) in [6, 6.07) is 12.4. The van der Waals surface area contributed by atoms with Crippen molar-refractivity contribution in [1.82, 2.24) is 0 Å². The Morgan fingerprint density at radius 3 is 2.57 bits per heavy atom. The second-order valence-electron chi connectivity index (χ2n) is 8.30. The van der Waals surface area contributed by atoms with Gasteiger partial charge < -0.3 is 9.15 Å². The molecule has 1 aromatic heterocycles. The van der Waals surface area contributed by atoms with Crippen molar-refractivity contribution < 1.29 is 46.3 Å². The van der Waals surface area contributed by atoms with Crippen LogP contribution in [0.2, 0.25) is 0 Å². The van der Waals surface area contributed by atoms with Crippen LogP contribution in [0, 0.1) is 18.1 Å². The van der Waals surface area contributed by atoms with Gasteiger partial charge in [0.15, 0.2) is 0 Å². The van der Waals surface area contributed by atoms with Gasteiger partial charge in [-0.2, -0.15) is 6.07 Å². The Morgan fingerprint density at radius 2 is 1.93 bits per heavy atom. The average Bonchev–Trinajstić information content (AvgIpc) is 3.33. The normalized spacial score (nSPS) is 24.5. The van der Waals surface area contributed by atoms with Crippen molar-refractivity contribution in [2.24, 2.45) is 11.8 Å². The molecule has 3 rings (SSSR count). The zero-order chi connectivity index (χ0) is 20.6. The van der Waals surface area contributed by atoms with E-state index < -0.39 is 6.17 Å². The van der Waals surface area contributed by atoms with Gasteiger partial charge in [0, 0.05) is 45.2 Å². The Balaban J connectivity index is 0.00000320. The molecule has 1 radical (unpaired) electrons. The van der Waals surface area contributed by atoms with E-state index in [0.717, 1.165) is 50.7 Å². The number of methoxy groups -OCH3 is 1. The van der Waals surface area contributed by atoms with E-state index in [9.17, 15) is 4.39 Å². The predicted molar refractivity (Wildman–Crippen MR) is 116 cm³/mol. The third-order valence-corrected chi connectivity index (χ3v) is 6.87. The zero-order valence-corrected chi connectivity index (χ0v) is 21.8. The third kappa shape index (κ3) is 7.15. The van der Waals surface area contributed by atoms with Crippen LogP contribution < -0.4 is 0 Å². The largest absolute Gasteiger partial charge is 0.596 e. The van der Waals surface area contributed by atoms with E-state index in [1.165, 1.54) is 11.1 Å². The second-order valence-corrected chi connectivity index (χ2v) is 8.86. The van der Waals surface area contributed by atoms with Gasteiger partial charge in [-0.05, 0) is 61.3 Å². The van der Waals surface area contributed by atoms with Crippen molar-refractivity contribution in [1.29, 1.82) is 0 Å². The van der Waals surface area contributed by atoms with E-state index in [1.807, 2.05) is 6.07 Å². The van der Waals surface area contributed by atoms with E-state index in [1.54, 1.807) is 13.2 Å². The second kappa shape index (κ2) is 13.4. The molecule has 1 heterocycles. The molecule has 3 unspecified atom stereocenters. The number of benzene rings is 1. The Bertz CT molecular complexity index is 706. The minimum atomic E-state index is -0.787.